The highest BCUT2D eigenvalue weighted by molar-refractivity contribution is 9.10. The molecule has 1 atom stereocenters. The van der Waals surface area contributed by atoms with Gasteiger partial charge in [0.05, 0.1) is 10.0 Å². The van der Waals surface area contributed by atoms with E-state index in [0.717, 1.165) is 0 Å². The van der Waals surface area contributed by atoms with Gasteiger partial charge in [0.2, 0.25) is 0 Å². The van der Waals surface area contributed by atoms with Gasteiger partial charge in [0.25, 0.3) is 5.91 Å². The van der Waals surface area contributed by atoms with Gasteiger partial charge in [0.15, 0.2) is 0 Å². The van der Waals surface area contributed by atoms with Crippen molar-refractivity contribution in [3.8, 4) is 0 Å². The van der Waals surface area contributed by atoms with Crippen LogP contribution in [0.4, 0.5) is 4.39 Å². The molecule has 0 aliphatic heterocycles. The summed E-state index contributed by atoms with van der Waals surface area (Å²) in [5, 5.41) is 2.87. The van der Waals surface area contributed by atoms with Crippen LogP contribution in [0.5, 0.6) is 0 Å². The molecule has 0 spiro atoms. The Bertz CT molecular complexity index is 426. The van der Waals surface area contributed by atoms with Gasteiger partial charge >= 0.3 is 0 Å². The lowest BCUT2D eigenvalue weighted by Crippen LogP contribution is -2.41. The lowest BCUT2D eigenvalue weighted by molar-refractivity contribution is 0.0909. The van der Waals surface area contributed by atoms with Crippen LogP contribution in [0, 0.1) is 11.2 Å². The number of amides is 1. The van der Waals surface area contributed by atoms with Crippen LogP contribution in [0.15, 0.2) is 22.7 Å². The van der Waals surface area contributed by atoms with Crippen LogP contribution in [-0.2, 0) is 0 Å². The zero-order valence-electron chi connectivity index (χ0n) is 10.5. The van der Waals surface area contributed by atoms with E-state index in [2.05, 4.69) is 21.2 Å². The fourth-order valence-corrected chi connectivity index (χ4v) is 1.61. The summed E-state index contributed by atoms with van der Waals surface area (Å²) in [6.07, 6.45) is 0. The van der Waals surface area contributed by atoms with Gasteiger partial charge in [0, 0.05) is 6.04 Å². The Morgan fingerprint density at radius 1 is 1.41 bits per heavy atom. The SMILES string of the molecule is CC(NC(=O)c1cccc(F)c1Br)C(C)(C)C. The quantitative estimate of drug-likeness (QED) is 0.885. The highest BCUT2D eigenvalue weighted by Gasteiger charge is 2.23. The summed E-state index contributed by atoms with van der Waals surface area (Å²) in [7, 11) is 0. The molecule has 0 saturated heterocycles. The van der Waals surface area contributed by atoms with Crippen LogP contribution in [-0.4, -0.2) is 11.9 Å². The number of benzene rings is 1. The number of rotatable bonds is 2. The maximum atomic E-state index is 13.3. The van der Waals surface area contributed by atoms with Crippen molar-refractivity contribution < 1.29 is 9.18 Å². The topological polar surface area (TPSA) is 29.1 Å². The second-order valence-corrected chi connectivity index (χ2v) is 5.96. The van der Waals surface area contributed by atoms with E-state index in [1.807, 2.05) is 27.7 Å². The van der Waals surface area contributed by atoms with Gasteiger partial charge in [-0.15, -0.1) is 0 Å². The maximum Gasteiger partial charge on any atom is 0.252 e. The Hall–Kier alpha value is -0.900. The normalized spacial score (nSPS) is 13.3. The molecule has 94 valence electrons. The van der Waals surface area contributed by atoms with Gasteiger partial charge in [-0.3, -0.25) is 4.79 Å². The van der Waals surface area contributed by atoms with Crippen molar-refractivity contribution >= 4 is 21.8 Å². The molecular weight excluding hydrogens is 285 g/mol. The molecule has 0 radical (unpaired) electrons. The van der Waals surface area contributed by atoms with E-state index >= 15 is 0 Å². The first-order chi connectivity index (χ1) is 7.73. The summed E-state index contributed by atoms with van der Waals surface area (Å²) in [5.41, 5.74) is 0.288. The van der Waals surface area contributed by atoms with Crippen LogP contribution >= 0.6 is 15.9 Å². The molecule has 0 aromatic heterocycles. The lowest BCUT2D eigenvalue weighted by Gasteiger charge is -2.28. The van der Waals surface area contributed by atoms with E-state index in [9.17, 15) is 9.18 Å². The molecule has 4 heteroatoms. The number of nitrogens with one attached hydrogen (secondary N) is 1. The third-order valence-electron chi connectivity index (χ3n) is 2.84. The summed E-state index contributed by atoms with van der Waals surface area (Å²) in [6.45, 7) is 8.06. The Balaban J connectivity index is 2.88. The Kier molecular flexibility index (Phi) is 4.31. The maximum absolute atomic E-state index is 13.3. The molecule has 2 nitrogen and oxygen atoms in total. The standard InChI is InChI=1S/C13H17BrFNO/c1-8(13(2,3)4)16-12(17)9-6-5-7-10(15)11(9)14/h5-8H,1-4H3,(H,16,17). The Morgan fingerprint density at radius 3 is 2.53 bits per heavy atom. The fourth-order valence-electron chi connectivity index (χ4n) is 1.17. The molecule has 0 saturated carbocycles. The largest absolute Gasteiger partial charge is 0.349 e. The van der Waals surface area contributed by atoms with Gasteiger partial charge in [0.1, 0.15) is 5.82 Å². The summed E-state index contributed by atoms with van der Waals surface area (Å²) in [6, 6.07) is 4.44. The first kappa shape index (κ1) is 14.2. The zero-order chi connectivity index (χ0) is 13.2. The fraction of sp³-hybridized carbons (Fsp3) is 0.462. The van der Waals surface area contributed by atoms with E-state index in [1.54, 1.807) is 6.07 Å². The Morgan fingerprint density at radius 2 is 2.00 bits per heavy atom. The van der Waals surface area contributed by atoms with Gasteiger partial charge < -0.3 is 5.32 Å². The smallest absolute Gasteiger partial charge is 0.252 e. The summed E-state index contributed by atoms with van der Waals surface area (Å²) in [4.78, 5) is 12.0. The minimum absolute atomic E-state index is 0.00478. The van der Waals surface area contributed by atoms with Crippen LogP contribution in [0.3, 0.4) is 0 Å². The average Bonchev–Trinajstić information content (AvgIpc) is 2.20. The molecule has 0 aliphatic rings. The van der Waals surface area contributed by atoms with Crippen LogP contribution in [0.2, 0.25) is 0 Å². The number of carbonyl (C=O) groups excluding carboxylic acids is 1. The monoisotopic (exact) mass is 301 g/mol. The number of hydrogen-bond acceptors (Lipinski definition) is 1. The van der Waals surface area contributed by atoms with Crippen LogP contribution in [0.1, 0.15) is 38.1 Å². The lowest BCUT2D eigenvalue weighted by atomic mass is 9.88. The molecule has 1 rings (SSSR count). The molecule has 1 aromatic carbocycles. The van der Waals surface area contributed by atoms with Gasteiger partial charge in [-0.25, -0.2) is 4.39 Å². The van der Waals surface area contributed by atoms with E-state index in [-0.39, 0.29) is 21.8 Å². The number of hydrogen-bond donors (Lipinski definition) is 1. The molecule has 1 unspecified atom stereocenters. The molecule has 1 amide bonds. The average molecular weight is 302 g/mol. The first-order valence-corrected chi connectivity index (χ1v) is 6.27. The van der Waals surface area contributed by atoms with Crippen molar-refractivity contribution in [3.63, 3.8) is 0 Å². The van der Waals surface area contributed by atoms with E-state index in [0.29, 0.717) is 5.56 Å². The van der Waals surface area contributed by atoms with E-state index in [1.165, 1.54) is 12.1 Å². The van der Waals surface area contributed by atoms with Crippen molar-refractivity contribution in [3.05, 3.63) is 34.1 Å². The second kappa shape index (κ2) is 5.17. The highest BCUT2D eigenvalue weighted by atomic mass is 79.9. The van der Waals surface area contributed by atoms with Crippen LogP contribution in [0.25, 0.3) is 0 Å². The molecular formula is C13H17BrFNO. The third kappa shape index (κ3) is 3.53. The van der Waals surface area contributed by atoms with Crippen molar-refractivity contribution in [2.24, 2.45) is 5.41 Å². The number of carbonyl (C=O) groups is 1. The van der Waals surface area contributed by atoms with Crippen molar-refractivity contribution in [1.29, 1.82) is 0 Å². The summed E-state index contributed by atoms with van der Waals surface area (Å²) >= 11 is 3.09. The van der Waals surface area contributed by atoms with Crippen molar-refractivity contribution in [1.82, 2.24) is 5.32 Å². The zero-order valence-corrected chi connectivity index (χ0v) is 12.1. The third-order valence-corrected chi connectivity index (χ3v) is 3.65. The highest BCUT2D eigenvalue weighted by Crippen LogP contribution is 2.22. The predicted molar refractivity (Wildman–Crippen MR) is 70.5 cm³/mol. The van der Waals surface area contributed by atoms with Crippen molar-refractivity contribution in [2.45, 2.75) is 33.7 Å². The summed E-state index contributed by atoms with van der Waals surface area (Å²) < 4.78 is 13.5. The molecule has 0 heterocycles. The number of halogens is 2. The van der Waals surface area contributed by atoms with E-state index in [4.69, 9.17) is 0 Å². The molecule has 1 N–H and O–H groups in total. The van der Waals surface area contributed by atoms with Gasteiger partial charge in [-0.2, -0.15) is 0 Å². The van der Waals surface area contributed by atoms with Crippen molar-refractivity contribution in [2.75, 3.05) is 0 Å². The Labute approximate surface area is 110 Å². The minimum atomic E-state index is -0.430. The van der Waals surface area contributed by atoms with E-state index < -0.39 is 5.82 Å². The molecule has 0 aliphatic carbocycles. The summed E-state index contributed by atoms with van der Waals surface area (Å²) in [5.74, 6) is -0.695. The van der Waals surface area contributed by atoms with Crippen LogP contribution < -0.4 is 5.32 Å². The molecule has 0 bridgehead atoms. The molecule has 17 heavy (non-hydrogen) atoms. The second-order valence-electron chi connectivity index (χ2n) is 5.16. The predicted octanol–water partition coefficient (Wildman–Crippen LogP) is 3.75. The van der Waals surface area contributed by atoms with Gasteiger partial charge in [-0.1, -0.05) is 26.8 Å². The molecule has 1 aromatic rings. The molecule has 0 fully saturated rings. The minimum Gasteiger partial charge on any atom is -0.349 e. The van der Waals surface area contributed by atoms with Gasteiger partial charge in [-0.05, 0) is 40.4 Å². The first-order valence-electron chi connectivity index (χ1n) is 5.48.